The number of Topliss-reactive ketones (excluding diaryl/α,β-unsaturated/α-hetero) is 1. The Balaban J connectivity index is 1.55. The number of hydrogen-bond donors (Lipinski definition) is 0. The van der Waals surface area contributed by atoms with Crippen LogP contribution in [-0.4, -0.2) is 29.7 Å². The molecule has 0 aromatic heterocycles. The largest absolute Gasteiger partial charge is 0.342 e. The first kappa shape index (κ1) is 16.0. The Labute approximate surface area is 138 Å². The molecule has 1 fully saturated rings. The molecule has 1 saturated heterocycles. The van der Waals surface area contributed by atoms with Crippen LogP contribution in [0.25, 0.3) is 0 Å². The number of carbonyl (C=O) groups excluding carboxylic acids is 2. The molecule has 0 bridgehead atoms. The molecule has 3 nitrogen and oxygen atoms in total. The number of nitrogens with zero attached hydrogens (tertiary/aromatic N) is 1. The maximum absolute atomic E-state index is 12.6. The highest BCUT2D eigenvalue weighted by molar-refractivity contribution is 5.98. The molecule has 0 radical (unpaired) electrons. The number of piperidine rings is 1. The predicted molar refractivity (Wildman–Crippen MR) is 91.3 cm³/mol. The van der Waals surface area contributed by atoms with Crippen molar-refractivity contribution in [3.05, 3.63) is 47.5 Å². The SMILES string of the molecule is Cc1ccc(C(=O)C2CCN(C(=O)C3CC=CCC3)CC2)cc1. The molecule has 0 saturated carbocycles. The molecule has 122 valence electrons. The van der Waals surface area contributed by atoms with Gasteiger partial charge in [-0.1, -0.05) is 42.0 Å². The van der Waals surface area contributed by atoms with Crippen LogP contribution in [0.4, 0.5) is 0 Å². The second-order valence-corrected chi connectivity index (χ2v) is 6.81. The molecule has 1 heterocycles. The van der Waals surface area contributed by atoms with E-state index in [1.54, 1.807) is 0 Å². The Morgan fingerprint density at radius 2 is 1.65 bits per heavy atom. The normalized spacial score (nSPS) is 22.1. The Morgan fingerprint density at radius 1 is 0.957 bits per heavy atom. The number of benzene rings is 1. The number of carbonyl (C=O) groups is 2. The molecule has 1 atom stereocenters. The quantitative estimate of drug-likeness (QED) is 0.629. The van der Waals surface area contributed by atoms with E-state index in [4.69, 9.17) is 0 Å². The molecule has 1 aliphatic carbocycles. The number of likely N-dealkylation sites (tertiary alicyclic amines) is 1. The molecule has 3 heteroatoms. The maximum atomic E-state index is 12.6. The highest BCUT2D eigenvalue weighted by atomic mass is 16.2. The predicted octanol–water partition coefficient (Wildman–Crippen LogP) is 3.77. The van der Waals surface area contributed by atoms with Gasteiger partial charge in [-0.15, -0.1) is 0 Å². The van der Waals surface area contributed by atoms with Crippen LogP contribution in [0.2, 0.25) is 0 Å². The van der Waals surface area contributed by atoms with E-state index >= 15 is 0 Å². The minimum absolute atomic E-state index is 0.0630. The van der Waals surface area contributed by atoms with Crippen LogP contribution in [0.1, 0.15) is 48.0 Å². The Morgan fingerprint density at radius 3 is 2.26 bits per heavy atom. The van der Waals surface area contributed by atoms with Crippen LogP contribution in [0, 0.1) is 18.8 Å². The summed E-state index contributed by atoms with van der Waals surface area (Å²) in [6, 6.07) is 7.82. The third-order valence-electron chi connectivity index (χ3n) is 5.13. The van der Waals surface area contributed by atoms with Gasteiger partial charge in [-0.25, -0.2) is 0 Å². The van der Waals surface area contributed by atoms with Gasteiger partial charge >= 0.3 is 0 Å². The number of aryl methyl sites for hydroxylation is 1. The van der Waals surface area contributed by atoms with Crippen molar-refractivity contribution >= 4 is 11.7 Å². The zero-order valence-corrected chi connectivity index (χ0v) is 13.8. The summed E-state index contributed by atoms with van der Waals surface area (Å²) >= 11 is 0. The third-order valence-corrected chi connectivity index (χ3v) is 5.13. The van der Waals surface area contributed by atoms with E-state index in [9.17, 15) is 9.59 Å². The van der Waals surface area contributed by atoms with E-state index in [0.717, 1.165) is 50.8 Å². The van der Waals surface area contributed by atoms with Gasteiger partial charge in [0.2, 0.25) is 5.91 Å². The fourth-order valence-corrected chi connectivity index (χ4v) is 3.59. The summed E-state index contributed by atoms with van der Waals surface area (Å²) in [5.74, 6) is 0.741. The van der Waals surface area contributed by atoms with E-state index < -0.39 is 0 Å². The van der Waals surface area contributed by atoms with E-state index in [1.807, 2.05) is 36.1 Å². The Kier molecular flexibility index (Phi) is 4.94. The van der Waals surface area contributed by atoms with Gasteiger partial charge in [-0.3, -0.25) is 9.59 Å². The standard InChI is InChI=1S/C20H25NO2/c1-15-7-9-16(10-8-15)19(22)17-11-13-21(14-12-17)20(23)18-5-3-2-4-6-18/h2-3,7-10,17-18H,4-6,11-14H2,1H3. The minimum Gasteiger partial charge on any atom is -0.342 e. The van der Waals surface area contributed by atoms with Gasteiger partial charge in [0.1, 0.15) is 0 Å². The number of amides is 1. The van der Waals surface area contributed by atoms with Gasteiger partial charge in [-0.05, 0) is 39.0 Å². The molecular formula is C20H25NO2. The third kappa shape index (κ3) is 3.72. The smallest absolute Gasteiger partial charge is 0.226 e. The number of hydrogen-bond acceptors (Lipinski definition) is 2. The van der Waals surface area contributed by atoms with Crippen LogP contribution in [0.15, 0.2) is 36.4 Å². The van der Waals surface area contributed by atoms with E-state index in [0.29, 0.717) is 0 Å². The monoisotopic (exact) mass is 311 g/mol. The summed E-state index contributed by atoms with van der Waals surface area (Å²) in [6.45, 7) is 3.47. The van der Waals surface area contributed by atoms with Crippen LogP contribution in [0.5, 0.6) is 0 Å². The van der Waals surface area contributed by atoms with Crippen molar-refractivity contribution in [3.8, 4) is 0 Å². The fraction of sp³-hybridized carbons (Fsp3) is 0.500. The Bertz CT molecular complexity index is 595. The molecule has 1 aromatic carbocycles. The molecule has 3 rings (SSSR count). The molecule has 1 amide bonds. The summed E-state index contributed by atoms with van der Waals surface area (Å²) in [5, 5.41) is 0. The minimum atomic E-state index is 0.0630. The van der Waals surface area contributed by atoms with E-state index in [-0.39, 0.29) is 23.5 Å². The van der Waals surface area contributed by atoms with Crippen molar-refractivity contribution in [2.75, 3.05) is 13.1 Å². The first-order valence-corrected chi connectivity index (χ1v) is 8.70. The van der Waals surface area contributed by atoms with Crippen molar-refractivity contribution in [1.82, 2.24) is 4.90 Å². The number of ketones is 1. The van der Waals surface area contributed by atoms with Crippen LogP contribution in [-0.2, 0) is 4.79 Å². The lowest BCUT2D eigenvalue weighted by Crippen LogP contribution is -2.43. The van der Waals surface area contributed by atoms with Gasteiger partial charge in [-0.2, -0.15) is 0 Å². The van der Waals surface area contributed by atoms with Crippen LogP contribution >= 0.6 is 0 Å². The Hall–Kier alpha value is -1.90. The second kappa shape index (κ2) is 7.12. The summed E-state index contributed by atoms with van der Waals surface area (Å²) in [5.41, 5.74) is 1.97. The maximum Gasteiger partial charge on any atom is 0.226 e. The second-order valence-electron chi connectivity index (χ2n) is 6.81. The topological polar surface area (TPSA) is 37.4 Å². The van der Waals surface area contributed by atoms with Gasteiger partial charge in [0, 0.05) is 30.5 Å². The lowest BCUT2D eigenvalue weighted by Gasteiger charge is -2.34. The van der Waals surface area contributed by atoms with Crippen LogP contribution < -0.4 is 0 Å². The van der Waals surface area contributed by atoms with Crippen LogP contribution in [0.3, 0.4) is 0 Å². The zero-order chi connectivity index (χ0) is 16.2. The van der Waals surface area contributed by atoms with Crippen molar-refractivity contribution in [3.63, 3.8) is 0 Å². The summed E-state index contributed by atoms with van der Waals surface area (Å²) in [4.78, 5) is 27.1. The molecule has 1 unspecified atom stereocenters. The van der Waals surface area contributed by atoms with E-state index in [1.165, 1.54) is 5.56 Å². The molecule has 2 aliphatic rings. The molecule has 1 aromatic rings. The summed E-state index contributed by atoms with van der Waals surface area (Å²) in [7, 11) is 0. The summed E-state index contributed by atoms with van der Waals surface area (Å²) < 4.78 is 0. The van der Waals surface area contributed by atoms with E-state index in [2.05, 4.69) is 12.2 Å². The fourth-order valence-electron chi connectivity index (χ4n) is 3.59. The van der Waals surface area contributed by atoms with Gasteiger partial charge < -0.3 is 4.90 Å². The van der Waals surface area contributed by atoms with Crippen molar-refractivity contribution in [2.45, 2.75) is 39.0 Å². The van der Waals surface area contributed by atoms with Crippen molar-refractivity contribution < 1.29 is 9.59 Å². The average Bonchev–Trinajstić information content (AvgIpc) is 2.62. The lowest BCUT2D eigenvalue weighted by molar-refractivity contribution is -0.137. The number of allylic oxidation sites excluding steroid dienone is 2. The first-order valence-electron chi connectivity index (χ1n) is 8.70. The lowest BCUT2D eigenvalue weighted by atomic mass is 9.87. The summed E-state index contributed by atoms with van der Waals surface area (Å²) in [6.07, 6.45) is 8.73. The van der Waals surface area contributed by atoms with Gasteiger partial charge in [0.25, 0.3) is 0 Å². The van der Waals surface area contributed by atoms with Crippen molar-refractivity contribution in [2.24, 2.45) is 11.8 Å². The molecule has 0 N–H and O–H groups in total. The zero-order valence-electron chi connectivity index (χ0n) is 13.8. The molecule has 0 spiro atoms. The highest BCUT2D eigenvalue weighted by Gasteiger charge is 2.30. The molecular weight excluding hydrogens is 286 g/mol. The van der Waals surface area contributed by atoms with Gasteiger partial charge in [0.15, 0.2) is 5.78 Å². The highest BCUT2D eigenvalue weighted by Crippen LogP contribution is 2.26. The molecule has 1 aliphatic heterocycles. The van der Waals surface area contributed by atoms with Gasteiger partial charge in [0.05, 0.1) is 0 Å². The molecule has 23 heavy (non-hydrogen) atoms. The number of rotatable bonds is 3. The average molecular weight is 311 g/mol. The first-order chi connectivity index (χ1) is 11.1. The van der Waals surface area contributed by atoms with Crippen molar-refractivity contribution in [1.29, 1.82) is 0 Å².